The monoisotopic (exact) mass is 448 g/mol. The van der Waals surface area contributed by atoms with Crippen LogP contribution in [0, 0.1) is 5.82 Å². The van der Waals surface area contributed by atoms with Crippen molar-refractivity contribution in [2.75, 3.05) is 26.8 Å². The van der Waals surface area contributed by atoms with Crippen LogP contribution in [-0.4, -0.2) is 49.6 Å². The van der Waals surface area contributed by atoms with E-state index in [0.29, 0.717) is 60.2 Å². The summed E-state index contributed by atoms with van der Waals surface area (Å²) in [4.78, 5) is 27.0. The van der Waals surface area contributed by atoms with E-state index in [0.717, 1.165) is 6.42 Å². The van der Waals surface area contributed by atoms with E-state index in [1.165, 1.54) is 31.4 Å². The fourth-order valence-electron chi connectivity index (χ4n) is 3.47. The Hall–Kier alpha value is -2.80. The maximum absolute atomic E-state index is 13.0. The molecule has 31 heavy (non-hydrogen) atoms. The highest BCUT2D eigenvalue weighted by molar-refractivity contribution is 6.32. The Morgan fingerprint density at radius 3 is 2.45 bits per heavy atom. The highest BCUT2D eigenvalue weighted by atomic mass is 35.5. The Kier molecular flexibility index (Phi) is 7.74. The highest BCUT2D eigenvalue weighted by Gasteiger charge is 2.26. The zero-order valence-electron chi connectivity index (χ0n) is 17.6. The lowest BCUT2D eigenvalue weighted by atomic mass is 10.0. The van der Waals surface area contributed by atoms with E-state index < -0.39 is 0 Å². The topological polar surface area (TPSA) is 67.9 Å². The number of hydrogen-bond donors (Lipinski definition) is 1. The van der Waals surface area contributed by atoms with Crippen molar-refractivity contribution in [1.29, 1.82) is 0 Å². The van der Waals surface area contributed by atoms with Crippen molar-refractivity contribution < 1.29 is 23.5 Å². The Balaban J connectivity index is 1.60. The molecule has 1 aliphatic heterocycles. The number of piperidine rings is 1. The van der Waals surface area contributed by atoms with Gasteiger partial charge in [-0.25, -0.2) is 4.39 Å². The molecule has 2 aromatic rings. The number of halogens is 2. The number of rotatable bonds is 7. The van der Waals surface area contributed by atoms with Crippen molar-refractivity contribution in [3.63, 3.8) is 0 Å². The van der Waals surface area contributed by atoms with Gasteiger partial charge in [-0.05, 0) is 55.7 Å². The number of nitrogens with one attached hydrogen (secondary N) is 1. The molecule has 8 heteroatoms. The molecular weight excluding hydrogens is 423 g/mol. The van der Waals surface area contributed by atoms with Crippen molar-refractivity contribution in [2.24, 2.45) is 0 Å². The Morgan fingerprint density at radius 1 is 1.16 bits per heavy atom. The standard InChI is InChI=1S/C23H26ClFN2O4/c1-3-12-31-21-19(24)13-16(14-20(21)30-2)23(29)27-10-8-18(9-11-27)26-22(28)15-4-6-17(25)7-5-15/h4-7,13-14,18H,3,8-12H2,1-2H3,(H,26,28). The molecule has 3 rings (SSSR count). The van der Waals surface area contributed by atoms with Gasteiger partial charge in [-0.1, -0.05) is 18.5 Å². The van der Waals surface area contributed by atoms with E-state index in [1.807, 2.05) is 6.92 Å². The predicted octanol–water partition coefficient (Wildman–Crippen LogP) is 4.31. The van der Waals surface area contributed by atoms with Gasteiger partial charge in [-0.15, -0.1) is 0 Å². The number of hydrogen-bond acceptors (Lipinski definition) is 4. The van der Waals surface area contributed by atoms with E-state index in [4.69, 9.17) is 21.1 Å². The minimum Gasteiger partial charge on any atom is -0.493 e. The van der Waals surface area contributed by atoms with Gasteiger partial charge in [0.15, 0.2) is 11.5 Å². The van der Waals surface area contributed by atoms with Crippen LogP contribution in [0.25, 0.3) is 0 Å². The number of likely N-dealkylation sites (tertiary alicyclic amines) is 1. The number of carbonyl (C=O) groups is 2. The zero-order valence-corrected chi connectivity index (χ0v) is 18.4. The minimum atomic E-state index is -0.384. The van der Waals surface area contributed by atoms with Gasteiger partial charge in [0.05, 0.1) is 18.7 Å². The second kappa shape index (κ2) is 10.5. The van der Waals surface area contributed by atoms with Crippen LogP contribution < -0.4 is 14.8 Å². The third-order valence-corrected chi connectivity index (χ3v) is 5.43. The fourth-order valence-corrected chi connectivity index (χ4v) is 3.73. The van der Waals surface area contributed by atoms with Crippen LogP contribution in [0.5, 0.6) is 11.5 Å². The lowest BCUT2D eigenvalue weighted by molar-refractivity contribution is 0.0697. The summed E-state index contributed by atoms with van der Waals surface area (Å²) >= 11 is 6.33. The first-order valence-electron chi connectivity index (χ1n) is 10.3. The molecule has 2 amide bonds. The van der Waals surface area contributed by atoms with Crippen molar-refractivity contribution in [2.45, 2.75) is 32.2 Å². The predicted molar refractivity (Wildman–Crippen MR) is 117 cm³/mol. The largest absolute Gasteiger partial charge is 0.493 e. The van der Waals surface area contributed by atoms with Crippen LogP contribution in [0.15, 0.2) is 36.4 Å². The second-order valence-corrected chi connectivity index (χ2v) is 7.79. The molecule has 0 atom stereocenters. The van der Waals surface area contributed by atoms with Crippen LogP contribution in [-0.2, 0) is 0 Å². The number of carbonyl (C=O) groups excluding carboxylic acids is 2. The van der Waals surface area contributed by atoms with Crippen molar-refractivity contribution in [3.05, 3.63) is 58.4 Å². The second-order valence-electron chi connectivity index (χ2n) is 7.38. The molecule has 0 aliphatic carbocycles. The van der Waals surface area contributed by atoms with Crippen molar-refractivity contribution in [3.8, 4) is 11.5 Å². The summed E-state index contributed by atoms with van der Waals surface area (Å²) in [5, 5.41) is 3.28. The molecule has 2 aromatic carbocycles. The summed E-state index contributed by atoms with van der Waals surface area (Å²) in [6.07, 6.45) is 2.08. The van der Waals surface area contributed by atoms with Crippen molar-refractivity contribution in [1.82, 2.24) is 10.2 Å². The quantitative estimate of drug-likeness (QED) is 0.685. The van der Waals surface area contributed by atoms with Gasteiger partial charge in [0.25, 0.3) is 11.8 Å². The molecular formula is C23H26ClFN2O4. The maximum atomic E-state index is 13.0. The van der Waals surface area contributed by atoms with E-state index in [2.05, 4.69) is 5.32 Å². The van der Waals surface area contributed by atoms with Gasteiger partial charge < -0.3 is 19.7 Å². The van der Waals surface area contributed by atoms with Gasteiger partial charge in [-0.2, -0.15) is 0 Å². The number of amides is 2. The number of nitrogens with zero attached hydrogens (tertiary/aromatic N) is 1. The van der Waals surface area contributed by atoms with Crippen LogP contribution in [0.4, 0.5) is 4.39 Å². The molecule has 1 aliphatic rings. The Morgan fingerprint density at radius 2 is 1.84 bits per heavy atom. The molecule has 0 aromatic heterocycles. The molecule has 1 saturated heterocycles. The van der Waals surface area contributed by atoms with Gasteiger partial charge in [0, 0.05) is 30.3 Å². The van der Waals surface area contributed by atoms with Crippen LogP contribution >= 0.6 is 11.6 Å². The Labute approximate surface area is 186 Å². The molecule has 1 fully saturated rings. The molecule has 6 nitrogen and oxygen atoms in total. The van der Waals surface area contributed by atoms with Gasteiger partial charge in [0.1, 0.15) is 5.82 Å². The lowest BCUT2D eigenvalue weighted by Gasteiger charge is -2.32. The minimum absolute atomic E-state index is 0.0513. The summed E-state index contributed by atoms with van der Waals surface area (Å²) in [6, 6.07) is 8.61. The first kappa shape index (κ1) is 22.9. The lowest BCUT2D eigenvalue weighted by Crippen LogP contribution is -2.46. The molecule has 0 radical (unpaired) electrons. The Bertz CT molecular complexity index is 928. The number of ether oxygens (including phenoxy) is 2. The number of benzene rings is 2. The molecule has 0 saturated carbocycles. The summed E-state index contributed by atoms with van der Waals surface area (Å²) in [5.41, 5.74) is 0.839. The van der Waals surface area contributed by atoms with E-state index in [1.54, 1.807) is 17.0 Å². The van der Waals surface area contributed by atoms with Crippen LogP contribution in [0.3, 0.4) is 0 Å². The molecule has 1 N–H and O–H groups in total. The van der Waals surface area contributed by atoms with Gasteiger partial charge in [0.2, 0.25) is 0 Å². The molecule has 166 valence electrons. The zero-order chi connectivity index (χ0) is 22.4. The summed E-state index contributed by atoms with van der Waals surface area (Å²) < 4.78 is 24.0. The normalized spacial score (nSPS) is 14.3. The van der Waals surface area contributed by atoms with Gasteiger partial charge in [-0.3, -0.25) is 9.59 Å². The molecule has 0 spiro atoms. The third kappa shape index (κ3) is 5.67. The fraction of sp³-hybridized carbons (Fsp3) is 0.391. The van der Waals surface area contributed by atoms with E-state index >= 15 is 0 Å². The summed E-state index contributed by atoms with van der Waals surface area (Å²) in [6.45, 7) is 3.49. The first-order valence-corrected chi connectivity index (χ1v) is 10.7. The first-order chi connectivity index (χ1) is 14.9. The smallest absolute Gasteiger partial charge is 0.254 e. The molecule has 1 heterocycles. The van der Waals surface area contributed by atoms with Gasteiger partial charge >= 0.3 is 0 Å². The third-order valence-electron chi connectivity index (χ3n) is 5.15. The van der Waals surface area contributed by atoms with Crippen molar-refractivity contribution >= 4 is 23.4 Å². The van der Waals surface area contributed by atoms with Crippen LogP contribution in [0.2, 0.25) is 5.02 Å². The van der Waals surface area contributed by atoms with Crippen LogP contribution in [0.1, 0.15) is 46.9 Å². The maximum Gasteiger partial charge on any atom is 0.254 e. The SMILES string of the molecule is CCCOc1c(Cl)cc(C(=O)N2CCC(NC(=O)c3ccc(F)cc3)CC2)cc1OC. The van der Waals surface area contributed by atoms with E-state index in [-0.39, 0.29) is 23.7 Å². The molecule has 0 bridgehead atoms. The summed E-state index contributed by atoms with van der Waals surface area (Å²) in [7, 11) is 1.51. The van der Waals surface area contributed by atoms with E-state index in [9.17, 15) is 14.0 Å². The number of methoxy groups -OCH3 is 1. The molecule has 0 unspecified atom stereocenters. The summed E-state index contributed by atoms with van der Waals surface area (Å²) in [5.74, 6) is 0.0788. The average molecular weight is 449 g/mol. The highest BCUT2D eigenvalue weighted by Crippen LogP contribution is 2.37. The average Bonchev–Trinajstić information content (AvgIpc) is 2.78.